The van der Waals surface area contributed by atoms with Gasteiger partial charge in [0, 0.05) is 17.6 Å². The van der Waals surface area contributed by atoms with E-state index < -0.39 is 4.92 Å². The van der Waals surface area contributed by atoms with Crippen molar-refractivity contribution in [3.8, 4) is 0 Å². The van der Waals surface area contributed by atoms with Crippen molar-refractivity contribution in [1.29, 1.82) is 0 Å². The zero-order chi connectivity index (χ0) is 15.5. The highest BCUT2D eigenvalue weighted by molar-refractivity contribution is 7.15. The Labute approximate surface area is 134 Å². The zero-order valence-electron chi connectivity index (χ0n) is 11.3. The van der Waals surface area contributed by atoms with Crippen LogP contribution in [0.3, 0.4) is 0 Å². The van der Waals surface area contributed by atoms with E-state index in [9.17, 15) is 10.1 Å². The molecule has 22 heavy (non-hydrogen) atoms. The van der Waals surface area contributed by atoms with Gasteiger partial charge in [0.05, 0.1) is 30.4 Å². The highest BCUT2D eigenvalue weighted by Crippen LogP contribution is 2.22. The van der Waals surface area contributed by atoms with Gasteiger partial charge in [-0.2, -0.15) is 0 Å². The summed E-state index contributed by atoms with van der Waals surface area (Å²) in [7, 11) is 0. The smallest absolute Gasteiger partial charge is 0.314 e. The molecular formula is C13H11ClN4O3S. The van der Waals surface area contributed by atoms with Gasteiger partial charge in [-0.05, 0) is 12.1 Å². The average molecular weight is 339 g/mol. The number of halogens is 1. The van der Waals surface area contributed by atoms with Crippen LogP contribution in [0.2, 0.25) is 4.47 Å². The van der Waals surface area contributed by atoms with Gasteiger partial charge in [0.25, 0.3) is 0 Å². The van der Waals surface area contributed by atoms with Gasteiger partial charge in [-0.3, -0.25) is 15.1 Å². The number of nitro groups is 1. The molecule has 3 heterocycles. The number of hydrogen-bond acceptors (Lipinski definition) is 7. The minimum absolute atomic E-state index is 0.0805. The van der Waals surface area contributed by atoms with E-state index in [1.807, 2.05) is 4.90 Å². The predicted molar refractivity (Wildman–Crippen MR) is 83.5 cm³/mol. The Morgan fingerprint density at radius 3 is 3.14 bits per heavy atom. The second-order valence-corrected chi connectivity index (χ2v) is 6.21. The summed E-state index contributed by atoms with van der Waals surface area (Å²) in [4.78, 5) is 21.9. The Kier molecular flexibility index (Phi) is 4.21. The van der Waals surface area contributed by atoms with Crippen LogP contribution >= 0.6 is 22.9 Å². The lowest BCUT2D eigenvalue weighted by molar-refractivity contribution is -0.414. The number of furan rings is 1. The molecule has 3 rings (SSSR count). The largest absolute Gasteiger partial charge is 0.465 e. The van der Waals surface area contributed by atoms with Crippen LogP contribution in [-0.2, 0) is 6.54 Å². The van der Waals surface area contributed by atoms with Crippen molar-refractivity contribution in [1.82, 2.24) is 9.88 Å². The molecule has 0 saturated carbocycles. The van der Waals surface area contributed by atoms with Gasteiger partial charge in [0.2, 0.25) is 5.84 Å². The molecule has 2 aromatic heterocycles. The Morgan fingerprint density at radius 1 is 1.64 bits per heavy atom. The fraction of sp³-hybridized carbons (Fsp3) is 0.231. The van der Waals surface area contributed by atoms with Gasteiger partial charge in [0.15, 0.2) is 4.47 Å². The van der Waals surface area contributed by atoms with E-state index in [4.69, 9.17) is 16.0 Å². The summed E-state index contributed by atoms with van der Waals surface area (Å²) < 4.78 is 5.60. The first-order chi connectivity index (χ1) is 10.6. The van der Waals surface area contributed by atoms with Crippen LogP contribution in [-0.4, -0.2) is 33.7 Å². The third-order valence-corrected chi connectivity index (χ3v) is 4.15. The first-order valence-corrected chi connectivity index (χ1v) is 7.62. The Bertz CT molecular complexity index is 738. The fourth-order valence-electron chi connectivity index (χ4n) is 2.13. The third kappa shape index (κ3) is 3.18. The maximum absolute atomic E-state index is 11.4. The van der Waals surface area contributed by atoms with Crippen molar-refractivity contribution in [2.24, 2.45) is 4.99 Å². The number of hydrogen-bond donors (Lipinski definition) is 0. The number of rotatable bonds is 5. The Hall–Kier alpha value is -2.19. The fourth-order valence-corrected chi connectivity index (χ4v) is 3.12. The van der Waals surface area contributed by atoms with Crippen molar-refractivity contribution in [2.75, 3.05) is 13.1 Å². The van der Waals surface area contributed by atoms with Crippen molar-refractivity contribution >= 4 is 34.8 Å². The summed E-state index contributed by atoms with van der Waals surface area (Å²) >= 11 is 7.17. The molecule has 0 N–H and O–H groups in total. The van der Waals surface area contributed by atoms with Gasteiger partial charge < -0.3 is 9.32 Å². The molecule has 1 aliphatic heterocycles. The highest BCUT2D eigenvalue weighted by Gasteiger charge is 2.29. The number of thiazole rings is 1. The summed E-state index contributed by atoms with van der Waals surface area (Å²) in [5.41, 5.74) is -0.0805. The molecule has 9 heteroatoms. The third-order valence-electron chi connectivity index (χ3n) is 3.05. The van der Waals surface area contributed by atoms with Crippen LogP contribution in [0.5, 0.6) is 0 Å². The molecule has 0 aliphatic carbocycles. The molecule has 0 radical (unpaired) electrons. The predicted octanol–water partition coefficient (Wildman–Crippen LogP) is 2.92. The molecule has 0 aromatic carbocycles. The average Bonchev–Trinajstić information content (AvgIpc) is 3.19. The SMILES string of the molecule is O=[N+]([O-])/C(=C/c1ccco1)C1=NCCN1Cc1cnc(Cl)s1. The Balaban J connectivity index is 1.85. The summed E-state index contributed by atoms with van der Waals surface area (Å²) in [5, 5.41) is 11.4. The summed E-state index contributed by atoms with van der Waals surface area (Å²) in [6.07, 6.45) is 4.53. The van der Waals surface area contributed by atoms with E-state index in [0.29, 0.717) is 35.7 Å². The maximum Gasteiger partial charge on any atom is 0.314 e. The van der Waals surface area contributed by atoms with E-state index in [-0.39, 0.29) is 5.70 Å². The minimum atomic E-state index is -0.445. The van der Waals surface area contributed by atoms with Crippen molar-refractivity contribution < 1.29 is 9.34 Å². The van der Waals surface area contributed by atoms with Gasteiger partial charge in [-0.1, -0.05) is 11.6 Å². The first kappa shape index (κ1) is 14.7. The molecule has 0 spiro atoms. The lowest BCUT2D eigenvalue weighted by Gasteiger charge is -2.17. The quantitative estimate of drug-likeness (QED) is 0.618. The van der Waals surface area contributed by atoms with Gasteiger partial charge in [-0.15, -0.1) is 11.3 Å². The zero-order valence-corrected chi connectivity index (χ0v) is 12.9. The number of nitrogens with zero attached hydrogens (tertiary/aromatic N) is 4. The lowest BCUT2D eigenvalue weighted by Crippen LogP contribution is -2.30. The monoisotopic (exact) mass is 338 g/mol. The molecule has 1 aliphatic rings. The van der Waals surface area contributed by atoms with Crippen molar-refractivity contribution in [2.45, 2.75) is 6.54 Å². The van der Waals surface area contributed by atoms with E-state index in [0.717, 1.165) is 4.88 Å². The maximum atomic E-state index is 11.4. The summed E-state index contributed by atoms with van der Waals surface area (Å²) in [6.45, 7) is 1.63. The van der Waals surface area contributed by atoms with Crippen molar-refractivity contribution in [3.63, 3.8) is 0 Å². The van der Waals surface area contributed by atoms with Crippen LogP contribution in [0.1, 0.15) is 10.6 Å². The number of aromatic nitrogens is 1. The molecule has 0 fully saturated rings. The van der Waals surface area contributed by atoms with Crippen LogP contribution in [0.25, 0.3) is 6.08 Å². The molecule has 2 aromatic rings. The second kappa shape index (κ2) is 6.29. The topological polar surface area (TPSA) is 84.8 Å². The van der Waals surface area contributed by atoms with Gasteiger partial charge in [-0.25, -0.2) is 4.98 Å². The van der Waals surface area contributed by atoms with Gasteiger partial charge in [0.1, 0.15) is 5.76 Å². The van der Waals surface area contributed by atoms with Crippen LogP contribution < -0.4 is 0 Å². The van der Waals surface area contributed by atoms with E-state index >= 15 is 0 Å². The molecular weight excluding hydrogens is 328 g/mol. The van der Waals surface area contributed by atoms with E-state index in [1.165, 1.54) is 23.7 Å². The van der Waals surface area contributed by atoms with Gasteiger partial charge >= 0.3 is 5.70 Å². The lowest BCUT2D eigenvalue weighted by atomic mass is 10.3. The van der Waals surface area contributed by atoms with E-state index in [2.05, 4.69) is 9.98 Å². The van der Waals surface area contributed by atoms with Crippen LogP contribution in [0.15, 0.2) is 39.7 Å². The molecule has 0 unspecified atom stereocenters. The first-order valence-electron chi connectivity index (χ1n) is 6.43. The minimum Gasteiger partial charge on any atom is -0.465 e. The summed E-state index contributed by atoms with van der Waals surface area (Å²) in [6, 6.07) is 3.34. The molecule has 114 valence electrons. The molecule has 0 saturated heterocycles. The highest BCUT2D eigenvalue weighted by atomic mass is 35.5. The Morgan fingerprint density at radius 2 is 2.50 bits per heavy atom. The van der Waals surface area contributed by atoms with Crippen molar-refractivity contribution in [3.05, 3.63) is 55.5 Å². The molecule has 0 atom stereocenters. The van der Waals surface area contributed by atoms with Crippen LogP contribution in [0.4, 0.5) is 0 Å². The molecule has 0 bridgehead atoms. The van der Waals surface area contributed by atoms with E-state index in [1.54, 1.807) is 18.3 Å². The number of aliphatic imine (C=N–C) groups is 1. The summed E-state index contributed by atoms with van der Waals surface area (Å²) in [5.74, 6) is 0.771. The standard InChI is InChI=1S/C13H11ClN4O3S/c14-13-16-7-10(22-13)8-17-4-3-15-12(17)11(18(19)20)6-9-2-1-5-21-9/h1-2,5-7H,3-4,8H2/b11-6+. The number of amidine groups is 1. The molecule has 7 nitrogen and oxygen atoms in total. The normalized spacial score (nSPS) is 15.2. The van der Waals surface area contributed by atoms with Crippen LogP contribution in [0, 0.1) is 10.1 Å². The molecule has 0 amide bonds. The second-order valence-electron chi connectivity index (χ2n) is 4.51.